The van der Waals surface area contributed by atoms with Gasteiger partial charge in [-0.3, -0.25) is 0 Å². The van der Waals surface area contributed by atoms with Gasteiger partial charge in [-0.25, -0.2) is 0 Å². The highest BCUT2D eigenvalue weighted by molar-refractivity contribution is 5.59. The largest absolute Gasteiger partial charge is 0.385 e. The predicted molar refractivity (Wildman–Crippen MR) is 81.4 cm³/mol. The van der Waals surface area contributed by atoms with Crippen molar-refractivity contribution in [3.05, 3.63) is 28.8 Å². The van der Waals surface area contributed by atoms with Crippen molar-refractivity contribution in [2.24, 2.45) is 5.73 Å². The fourth-order valence-corrected chi connectivity index (χ4v) is 2.10. The second-order valence-electron chi connectivity index (χ2n) is 6.43. The van der Waals surface area contributed by atoms with Crippen molar-refractivity contribution in [1.29, 1.82) is 0 Å². The van der Waals surface area contributed by atoms with Crippen molar-refractivity contribution in [1.82, 2.24) is 0 Å². The number of rotatable bonds is 4. The molecular formula is C16H28N2. The van der Waals surface area contributed by atoms with E-state index in [-0.39, 0.29) is 11.5 Å². The third-order valence-electron chi connectivity index (χ3n) is 3.30. The molecule has 1 rings (SSSR count). The maximum Gasteiger partial charge on any atom is 0.0399 e. The minimum atomic E-state index is 0.208. The van der Waals surface area contributed by atoms with Gasteiger partial charge in [0.2, 0.25) is 0 Å². The summed E-state index contributed by atoms with van der Waals surface area (Å²) in [4.78, 5) is 0. The first kappa shape index (κ1) is 15.0. The Labute approximate surface area is 112 Å². The standard InChI is InChI=1S/C16H28N2/c1-11-9-14(16(4,5)6)10-12(2)15(11)18-8-7-13(3)17/h9-10,13,18H,7-8,17H2,1-6H3. The highest BCUT2D eigenvalue weighted by Crippen LogP contribution is 2.29. The van der Waals surface area contributed by atoms with Gasteiger partial charge in [0.15, 0.2) is 0 Å². The van der Waals surface area contributed by atoms with Gasteiger partial charge in [0.25, 0.3) is 0 Å². The highest BCUT2D eigenvalue weighted by Gasteiger charge is 2.16. The molecule has 0 spiro atoms. The van der Waals surface area contributed by atoms with Gasteiger partial charge in [-0.1, -0.05) is 32.9 Å². The molecule has 0 fully saturated rings. The summed E-state index contributed by atoms with van der Waals surface area (Å²) in [6.07, 6.45) is 1.000. The minimum absolute atomic E-state index is 0.208. The second kappa shape index (κ2) is 5.75. The molecule has 0 aliphatic carbocycles. The Hall–Kier alpha value is -1.02. The van der Waals surface area contributed by atoms with Crippen molar-refractivity contribution in [3.63, 3.8) is 0 Å². The predicted octanol–water partition coefficient (Wildman–Crippen LogP) is 3.75. The summed E-state index contributed by atoms with van der Waals surface area (Å²) in [6, 6.07) is 4.84. The van der Waals surface area contributed by atoms with E-state index in [0.29, 0.717) is 0 Å². The van der Waals surface area contributed by atoms with Crippen LogP contribution in [-0.4, -0.2) is 12.6 Å². The molecule has 0 saturated carbocycles. The number of hydrogen-bond donors (Lipinski definition) is 2. The second-order valence-corrected chi connectivity index (χ2v) is 6.43. The van der Waals surface area contributed by atoms with Crippen LogP contribution in [0.15, 0.2) is 12.1 Å². The first-order valence-electron chi connectivity index (χ1n) is 6.83. The lowest BCUT2D eigenvalue weighted by atomic mass is 9.85. The molecule has 0 bridgehead atoms. The van der Waals surface area contributed by atoms with Crippen LogP contribution in [0, 0.1) is 13.8 Å². The molecule has 1 unspecified atom stereocenters. The number of nitrogens with two attached hydrogens (primary N) is 1. The van der Waals surface area contributed by atoms with Crippen molar-refractivity contribution >= 4 is 5.69 Å². The van der Waals surface area contributed by atoms with E-state index >= 15 is 0 Å². The fourth-order valence-electron chi connectivity index (χ4n) is 2.10. The quantitative estimate of drug-likeness (QED) is 0.851. The van der Waals surface area contributed by atoms with Crippen LogP contribution in [0.2, 0.25) is 0 Å². The molecular weight excluding hydrogens is 220 g/mol. The van der Waals surface area contributed by atoms with Crippen LogP contribution in [-0.2, 0) is 5.41 Å². The zero-order valence-corrected chi connectivity index (χ0v) is 12.7. The minimum Gasteiger partial charge on any atom is -0.385 e. The fraction of sp³-hybridized carbons (Fsp3) is 0.625. The van der Waals surface area contributed by atoms with E-state index in [1.54, 1.807) is 0 Å². The maximum atomic E-state index is 5.77. The van der Waals surface area contributed by atoms with Crippen LogP contribution in [0.5, 0.6) is 0 Å². The number of benzene rings is 1. The molecule has 0 heterocycles. The van der Waals surface area contributed by atoms with Crippen LogP contribution >= 0.6 is 0 Å². The van der Waals surface area contributed by atoms with Crippen molar-refractivity contribution in [2.45, 2.75) is 59.4 Å². The van der Waals surface area contributed by atoms with Gasteiger partial charge in [-0.15, -0.1) is 0 Å². The van der Waals surface area contributed by atoms with Gasteiger partial charge in [-0.05, 0) is 49.3 Å². The third kappa shape index (κ3) is 4.02. The Morgan fingerprint density at radius 1 is 1.17 bits per heavy atom. The molecule has 0 aromatic heterocycles. The smallest absolute Gasteiger partial charge is 0.0399 e. The molecule has 0 aliphatic rings. The van der Waals surface area contributed by atoms with Crippen molar-refractivity contribution < 1.29 is 0 Å². The monoisotopic (exact) mass is 248 g/mol. The van der Waals surface area contributed by atoms with Gasteiger partial charge in [0, 0.05) is 18.3 Å². The molecule has 0 amide bonds. The molecule has 102 valence electrons. The summed E-state index contributed by atoms with van der Waals surface area (Å²) in [6.45, 7) is 14.1. The van der Waals surface area contributed by atoms with Crippen molar-refractivity contribution in [2.75, 3.05) is 11.9 Å². The Morgan fingerprint density at radius 2 is 1.67 bits per heavy atom. The molecule has 1 atom stereocenters. The molecule has 18 heavy (non-hydrogen) atoms. The normalized spacial score (nSPS) is 13.5. The molecule has 1 aromatic carbocycles. The van der Waals surface area contributed by atoms with E-state index in [0.717, 1.165) is 13.0 Å². The molecule has 0 saturated heterocycles. The maximum absolute atomic E-state index is 5.77. The molecule has 0 aliphatic heterocycles. The number of aryl methyl sites for hydroxylation is 2. The summed E-state index contributed by atoms with van der Waals surface area (Å²) in [5.41, 5.74) is 11.3. The zero-order valence-electron chi connectivity index (χ0n) is 12.7. The number of nitrogens with one attached hydrogen (secondary N) is 1. The summed E-state index contributed by atoms with van der Waals surface area (Å²) in [7, 11) is 0. The Bertz CT molecular complexity index is 377. The lowest BCUT2D eigenvalue weighted by molar-refractivity contribution is 0.589. The van der Waals surface area contributed by atoms with E-state index < -0.39 is 0 Å². The van der Waals surface area contributed by atoms with Gasteiger partial charge in [0.1, 0.15) is 0 Å². The summed E-state index contributed by atoms with van der Waals surface area (Å²) >= 11 is 0. The molecule has 3 N–H and O–H groups in total. The van der Waals surface area contributed by atoms with E-state index in [1.165, 1.54) is 22.4 Å². The topological polar surface area (TPSA) is 38.0 Å². The number of anilines is 1. The zero-order chi connectivity index (χ0) is 13.9. The van der Waals surface area contributed by atoms with Gasteiger partial charge in [-0.2, -0.15) is 0 Å². The molecule has 2 heteroatoms. The third-order valence-corrected chi connectivity index (χ3v) is 3.30. The average molecular weight is 248 g/mol. The number of hydrogen-bond acceptors (Lipinski definition) is 2. The van der Waals surface area contributed by atoms with E-state index in [4.69, 9.17) is 5.73 Å². The van der Waals surface area contributed by atoms with Crippen LogP contribution in [0.4, 0.5) is 5.69 Å². The summed E-state index contributed by atoms with van der Waals surface area (Å²) in [5.74, 6) is 0. The van der Waals surface area contributed by atoms with Crippen LogP contribution in [0.3, 0.4) is 0 Å². The van der Waals surface area contributed by atoms with E-state index in [9.17, 15) is 0 Å². The average Bonchev–Trinajstić information content (AvgIpc) is 2.20. The SMILES string of the molecule is Cc1cc(C(C)(C)C)cc(C)c1NCCC(C)N. The Morgan fingerprint density at radius 3 is 2.06 bits per heavy atom. The Balaban J connectivity index is 2.88. The lowest BCUT2D eigenvalue weighted by Gasteiger charge is -2.23. The molecule has 2 nitrogen and oxygen atoms in total. The van der Waals surface area contributed by atoms with Crippen LogP contribution in [0.1, 0.15) is 50.8 Å². The molecule has 1 aromatic rings. The van der Waals surface area contributed by atoms with E-state index in [1.807, 2.05) is 6.92 Å². The van der Waals surface area contributed by atoms with Crippen molar-refractivity contribution in [3.8, 4) is 0 Å². The van der Waals surface area contributed by atoms with Crippen LogP contribution < -0.4 is 11.1 Å². The van der Waals surface area contributed by atoms with E-state index in [2.05, 4.69) is 52.1 Å². The summed E-state index contributed by atoms with van der Waals surface area (Å²) in [5, 5.41) is 3.51. The van der Waals surface area contributed by atoms with Gasteiger partial charge >= 0.3 is 0 Å². The van der Waals surface area contributed by atoms with Gasteiger partial charge < -0.3 is 11.1 Å². The first-order valence-corrected chi connectivity index (χ1v) is 6.83. The molecule has 0 radical (unpaired) electrons. The summed E-state index contributed by atoms with van der Waals surface area (Å²) < 4.78 is 0. The highest BCUT2D eigenvalue weighted by atomic mass is 14.9. The Kier molecular flexibility index (Phi) is 4.80. The van der Waals surface area contributed by atoms with Crippen LogP contribution in [0.25, 0.3) is 0 Å². The lowest BCUT2D eigenvalue weighted by Crippen LogP contribution is -2.20. The van der Waals surface area contributed by atoms with Gasteiger partial charge in [0.05, 0.1) is 0 Å². The first-order chi connectivity index (χ1) is 8.21.